The highest BCUT2D eigenvalue weighted by Gasteiger charge is 2.17. The van der Waals surface area contributed by atoms with Crippen LogP contribution >= 0.6 is 0 Å². The standard InChI is InChI=1S/C7H12NO2/c1-5-7(4-9)8(3)6(2)10-5/h9H,4H2,1-3H3/q+1. The van der Waals surface area contributed by atoms with E-state index in [1.165, 1.54) is 0 Å². The number of oxazole rings is 1. The maximum absolute atomic E-state index is 8.83. The van der Waals surface area contributed by atoms with Gasteiger partial charge in [-0.05, 0) is 0 Å². The maximum atomic E-state index is 8.83. The summed E-state index contributed by atoms with van der Waals surface area (Å²) in [7, 11) is 1.87. The summed E-state index contributed by atoms with van der Waals surface area (Å²) in [4.78, 5) is 0. The molecule has 1 N–H and O–H groups in total. The fourth-order valence-corrected chi connectivity index (χ4v) is 0.993. The van der Waals surface area contributed by atoms with Gasteiger partial charge in [-0.25, -0.2) is 0 Å². The van der Waals surface area contributed by atoms with Crippen LogP contribution in [0.4, 0.5) is 0 Å². The molecule has 1 heterocycles. The minimum Gasteiger partial charge on any atom is -0.407 e. The van der Waals surface area contributed by atoms with Crippen molar-refractivity contribution in [3.63, 3.8) is 0 Å². The normalized spacial score (nSPS) is 10.4. The zero-order valence-corrected chi connectivity index (χ0v) is 6.51. The van der Waals surface area contributed by atoms with Gasteiger partial charge in [0.25, 0.3) is 0 Å². The molecule has 0 amide bonds. The first kappa shape index (κ1) is 7.28. The number of hydrogen-bond acceptors (Lipinski definition) is 2. The van der Waals surface area contributed by atoms with Gasteiger partial charge >= 0.3 is 5.89 Å². The van der Waals surface area contributed by atoms with Crippen LogP contribution in [0.5, 0.6) is 0 Å². The third kappa shape index (κ3) is 0.926. The van der Waals surface area contributed by atoms with Crippen LogP contribution in [0.1, 0.15) is 17.3 Å². The number of aliphatic hydroxyl groups is 1. The number of rotatable bonds is 1. The van der Waals surface area contributed by atoms with Crippen molar-refractivity contribution in [2.45, 2.75) is 20.5 Å². The van der Waals surface area contributed by atoms with E-state index in [0.29, 0.717) is 0 Å². The second-order valence-corrected chi connectivity index (χ2v) is 2.34. The van der Waals surface area contributed by atoms with Gasteiger partial charge in [-0.15, -0.1) is 0 Å². The average Bonchev–Trinajstić information content (AvgIpc) is 2.09. The van der Waals surface area contributed by atoms with Crippen LogP contribution in [0.25, 0.3) is 0 Å². The topological polar surface area (TPSA) is 37.2 Å². The highest BCUT2D eigenvalue weighted by molar-refractivity contribution is 4.98. The smallest absolute Gasteiger partial charge is 0.343 e. The molecule has 1 aromatic heterocycles. The van der Waals surface area contributed by atoms with Crippen LogP contribution in [-0.4, -0.2) is 5.11 Å². The molecule has 1 aromatic rings. The van der Waals surface area contributed by atoms with Crippen LogP contribution in [0.2, 0.25) is 0 Å². The molecule has 0 aliphatic carbocycles. The van der Waals surface area contributed by atoms with Gasteiger partial charge in [-0.3, -0.25) is 0 Å². The molecule has 0 bridgehead atoms. The number of aryl methyl sites for hydroxylation is 2. The summed E-state index contributed by atoms with van der Waals surface area (Å²) in [6, 6.07) is 0. The molecule has 0 fully saturated rings. The fourth-order valence-electron chi connectivity index (χ4n) is 0.993. The minimum absolute atomic E-state index is 0.0413. The number of nitrogens with zero attached hydrogens (tertiary/aromatic N) is 1. The van der Waals surface area contributed by atoms with Gasteiger partial charge in [-0.2, -0.15) is 4.57 Å². The number of hydrogen-bond donors (Lipinski definition) is 1. The molecule has 0 radical (unpaired) electrons. The minimum atomic E-state index is 0.0413. The van der Waals surface area contributed by atoms with E-state index in [9.17, 15) is 0 Å². The van der Waals surface area contributed by atoms with E-state index in [1.54, 1.807) is 0 Å². The zero-order chi connectivity index (χ0) is 7.72. The molecule has 0 aliphatic heterocycles. The molecule has 3 heteroatoms. The highest BCUT2D eigenvalue weighted by Crippen LogP contribution is 2.04. The molecular weight excluding hydrogens is 130 g/mol. The van der Waals surface area contributed by atoms with Gasteiger partial charge < -0.3 is 9.52 Å². The van der Waals surface area contributed by atoms with Gasteiger partial charge in [0.2, 0.25) is 5.69 Å². The van der Waals surface area contributed by atoms with Crippen molar-refractivity contribution in [3.05, 3.63) is 17.3 Å². The van der Waals surface area contributed by atoms with E-state index in [1.807, 2.05) is 25.5 Å². The lowest BCUT2D eigenvalue weighted by molar-refractivity contribution is -0.690. The van der Waals surface area contributed by atoms with Crippen molar-refractivity contribution < 1.29 is 14.1 Å². The molecule has 56 valence electrons. The van der Waals surface area contributed by atoms with Crippen LogP contribution in [0.15, 0.2) is 4.42 Å². The van der Waals surface area contributed by atoms with Gasteiger partial charge in [0.05, 0.1) is 6.92 Å². The van der Waals surface area contributed by atoms with E-state index in [2.05, 4.69) is 0 Å². The van der Waals surface area contributed by atoms with Crippen molar-refractivity contribution in [1.29, 1.82) is 0 Å². The second kappa shape index (κ2) is 2.42. The molecule has 1 rings (SSSR count). The lowest BCUT2D eigenvalue weighted by atomic mass is 10.4. The highest BCUT2D eigenvalue weighted by atomic mass is 16.4. The van der Waals surface area contributed by atoms with Crippen LogP contribution in [0, 0.1) is 13.8 Å². The number of aromatic nitrogens is 1. The van der Waals surface area contributed by atoms with E-state index in [0.717, 1.165) is 17.3 Å². The SMILES string of the molecule is Cc1oc(C)[n+](C)c1CO. The molecule has 3 nitrogen and oxygen atoms in total. The molecule has 0 aromatic carbocycles. The Hall–Kier alpha value is -0.830. The third-order valence-corrected chi connectivity index (χ3v) is 1.73. The Labute approximate surface area is 59.9 Å². The van der Waals surface area contributed by atoms with Crippen molar-refractivity contribution >= 4 is 0 Å². The predicted molar refractivity (Wildman–Crippen MR) is 35.3 cm³/mol. The first-order chi connectivity index (χ1) is 4.66. The van der Waals surface area contributed by atoms with Gasteiger partial charge in [0.1, 0.15) is 13.7 Å². The summed E-state index contributed by atoms with van der Waals surface area (Å²) in [6.45, 7) is 3.75. The van der Waals surface area contributed by atoms with E-state index < -0.39 is 0 Å². The number of aliphatic hydroxyl groups excluding tert-OH is 1. The van der Waals surface area contributed by atoms with E-state index in [4.69, 9.17) is 9.52 Å². The maximum Gasteiger partial charge on any atom is 0.343 e. The predicted octanol–water partition coefficient (Wildman–Crippen LogP) is 0.213. The lowest BCUT2D eigenvalue weighted by Gasteiger charge is -1.84. The summed E-state index contributed by atoms with van der Waals surface area (Å²) in [5.41, 5.74) is 0.845. The summed E-state index contributed by atoms with van der Waals surface area (Å²) < 4.78 is 7.08. The fraction of sp³-hybridized carbons (Fsp3) is 0.571. The van der Waals surface area contributed by atoms with Crippen molar-refractivity contribution in [2.75, 3.05) is 0 Å². The molecular formula is C7H12NO2+. The Bertz CT molecular complexity index is 240. The summed E-state index contributed by atoms with van der Waals surface area (Å²) in [5.74, 6) is 1.61. The van der Waals surface area contributed by atoms with E-state index in [-0.39, 0.29) is 6.61 Å². The molecule has 0 spiro atoms. The third-order valence-electron chi connectivity index (χ3n) is 1.73. The Balaban J connectivity index is 3.20. The largest absolute Gasteiger partial charge is 0.407 e. The Morgan fingerprint density at radius 3 is 2.30 bits per heavy atom. The van der Waals surface area contributed by atoms with Gasteiger partial charge in [0.15, 0.2) is 5.76 Å². The van der Waals surface area contributed by atoms with Crippen LogP contribution in [0.3, 0.4) is 0 Å². The summed E-state index contributed by atoms with van der Waals surface area (Å²) in [6.07, 6.45) is 0. The van der Waals surface area contributed by atoms with Gasteiger partial charge in [0, 0.05) is 6.92 Å². The van der Waals surface area contributed by atoms with Crippen molar-refractivity contribution in [2.24, 2.45) is 7.05 Å². The zero-order valence-electron chi connectivity index (χ0n) is 6.51. The Morgan fingerprint density at radius 1 is 1.50 bits per heavy atom. The van der Waals surface area contributed by atoms with E-state index >= 15 is 0 Å². The van der Waals surface area contributed by atoms with Gasteiger partial charge in [-0.1, -0.05) is 0 Å². The molecule has 0 saturated heterocycles. The molecule has 10 heavy (non-hydrogen) atoms. The molecule has 0 atom stereocenters. The van der Waals surface area contributed by atoms with Crippen molar-refractivity contribution in [3.8, 4) is 0 Å². The molecule has 0 unspecified atom stereocenters. The average molecular weight is 142 g/mol. The first-order valence-corrected chi connectivity index (χ1v) is 3.22. The quantitative estimate of drug-likeness (QED) is 0.569. The molecule has 0 saturated carbocycles. The Kier molecular flexibility index (Phi) is 1.76. The summed E-state index contributed by atoms with van der Waals surface area (Å²) in [5, 5.41) is 8.83. The molecule has 0 aliphatic rings. The van der Waals surface area contributed by atoms with Crippen molar-refractivity contribution in [1.82, 2.24) is 0 Å². The Morgan fingerprint density at radius 2 is 2.10 bits per heavy atom. The lowest BCUT2D eigenvalue weighted by Crippen LogP contribution is -2.33. The first-order valence-electron chi connectivity index (χ1n) is 3.22. The van der Waals surface area contributed by atoms with Crippen LogP contribution < -0.4 is 4.57 Å². The second-order valence-electron chi connectivity index (χ2n) is 2.34. The van der Waals surface area contributed by atoms with Crippen LogP contribution in [-0.2, 0) is 13.7 Å². The monoisotopic (exact) mass is 142 g/mol. The summed E-state index contributed by atoms with van der Waals surface area (Å²) >= 11 is 0.